The summed E-state index contributed by atoms with van der Waals surface area (Å²) < 4.78 is 7.90. The molecule has 1 aliphatic heterocycles. The first kappa shape index (κ1) is 22.2. The Hall–Kier alpha value is -4.05. The van der Waals surface area contributed by atoms with Gasteiger partial charge in [-0.15, -0.1) is 0 Å². The van der Waals surface area contributed by atoms with E-state index in [9.17, 15) is 14.9 Å². The van der Waals surface area contributed by atoms with Crippen LogP contribution in [0.25, 0.3) is 17.0 Å². The molecule has 3 aromatic rings. The van der Waals surface area contributed by atoms with Crippen molar-refractivity contribution in [1.82, 2.24) is 9.47 Å². The van der Waals surface area contributed by atoms with Crippen LogP contribution in [0, 0.1) is 17.2 Å². The summed E-state index contributed by atoms with van der Waals surface area (Å²) in [6.45, 7) is 1.96. The molecule has 2 heterocycles. The number of nitrogens with zero attached hydrogens (tertiary/aromatic N) is 3. The second kappa shape index (κ2) is 10.0. The topological polar surface area (TPSA) is 101 Å². The lowest BCUT2D eigenvalue weighted by molar-refractivity contribution is -0.131. The van der Waals surface area contributed by atoms with Gasteiger partial charge in [0.05, 0.1) is 6.54 Å². The van der Waals surface area contributed by atoms with Gasteiger partial charge in [0.2, 0.25) is 5.91 Å². The summed E-state index contributed by atoms with van der Waals surface area (Å²) in [6.07, 6.45) is 4.66. The van der Waals surface area contributed by atoms with Gasteiger partial charge in [0.25, 0.3) is 5.91 Å². The number of benzene rings is 2. The molecule has 0 radical (unpaired) electrons. The third kappa shape index (κ3) is 5.07. The summed E-state index contributed by atoms with van der Waals surface area (Å²) in [7, 11) is 0. The lowest BCUT2D eigenvalue weighted by Gasteiger charge is -2.30. The Labute approximate surface area is 192 Å². The molecule has 168 valence electrons. The van der Waals surface area contributed by atoms with Crippen LogP contribution in [0.15, 0.2) is 66.4 Å². The minimum absolute atomic E-state index is 0.0796. The first-order valence-corrected chi connectivity index (χ1v) is 11.0. The van der Waals surface area contributed by atoms with Crippen molar-refractivity contribution >= 4 is 28.8 Å². The molecule has 0 saturated carbocycles. The molecular weight excluding hydrogens is 416 g/mol. The first-order chi connectivity index (χ1) is 16.1. The average Bonchev–Trinajstić information content (AvgIpc) is 3.20. The number of nitrogens with two attached hydrogens (primary N) is 1. The molecule has 0 bridgehead atoms. The highest BCUT2D eigenvalue weighted by atomic mass is 16.5. The summed E-state index contributed by atoms with van der Waals surface area (Å²) in [5, 5.41) is 10.7. The van der Waals surface area contributed by atoms with E-state index in [1.165, 1.54) is 0 Å². The van der Waals surface area contributed by atoms with Crippen molar-refractivity contribution in [3.05, 3.63) is 71.9 Å². The molecule has 1 fully saturated rings. The lowest BCUT2D eigenvalue weighted by Crippen LogP contribution is -2.42. The number of fused-ring (bicyclic) bond motifs is 1. The van der Waals surface area contributed by atoms with Crippen LogP contribution < -0.4 is 10.5 Å². The van der Waals surface area contributed by atoms with Crippen molar-refractivity contribution in [2.75, 3.05) is 19.7 Å². The Morgan fingerprint density at radius 1 is 1.09 bits per heavy atom. The smallest absolute Gasteiger partial charge is 0.264 e. The second-order valence-corrected chi connectivity index (χ2v) is 8.10. The molecular formula is C26H26N4O3. The molecule has 0 aliphatic carbocycles. The van der Waals surface area contributed by atoms with Crippen LogP contribution >= 0.6 is 0 Å². The number of rotatable bonds is 7. The third-order valence-corrected chi connectivity index (χ3v) is 6.00. The van der Waals surface area contributed by atoms with Crippen molar-refractivity contribution in [2.24, 2.45) is 11.7 Å². The van der Waals surface area contributed by atoms with Crippen molar-refractivity contribution in [3.63, 3.8) is 0 Å². The number of para-hydroxylation sites is 2. The van der Waals surface area contributed by atoms with Crippen LogP contribution in [0.4, 0.5) is 0 Å². The Morgan fingerprint density at radius 2 is 1.79 bits per heavy atom. The van der Waals surface area contributed by atoms with E-state index in [2.05, 4.69) is 10.6 Å². The van der Waals surface area contributed by atoms with Gasteiger partial charge in [0.15, 0.2) is 0 Å². The highest BCUT2D eigenvalue weighted by molar-refractivity contribution is 6.04. The van der Waals surface area contributed by atoms with Gasteiger partial charge in [0.1, 0.15) is 24.0 Å². The Morgan fingerprint density at radius 3 is 2.48 bits per heavy atom. The normalized spacial score (nSPS) is 14.8. The molecule has 33 heavy (non-hydrogen) atoms. The Balaban J connectivity index is 1.52. The summed E-state index contributed by atoms with van der Waals surface area (Å²) >= 11 is 0. The number of hydrogen-bond acceptors (Lipinski definition) is 4. The van der Waals surface area contributed by atoms with Gasteiger partial charge >= 0.3 is 0 Å². The van der Waals surface area contributed by atoms with Gasteiger partial charge in [-0.1, -0.05) is 36.4 Å². The number of aromatic nitrogens is 1. The van der Waals surface area contributed by atoms with Crippen molar-refractivity contribution in [3.8, 4) is 11.8 Å². The zero-order valence-corrected chi connectivity index (χ0v) is 18.3. The number of ether oxygens (including phenoxy) is 1. The molecule has 2 amide bonds. The summed E-state index contributed by atoms with van der Waals surface area (Å²) in [5.41, 5.74) is 7.28. The molecule has 7 heteroatoms. The Bertz CT molecular complexity index is 1220. The van der Waals surface area contributed by atoms with E-state index in [-0.39, 0.29) is 23.3 Å². The van der Waals surface area contributed by atoms with E-state index in [1.54, 1.807) is 11.0 Å². The molecule has 4 rings (SSSR count). The monoisotopic (exact) mass is 442 g/mol. The maximum absolute atomic E-state index is 13.0. The maximum atomic E-state index is 13.0. The van der Waals surface area contributed by atoms with Gasteiger partial charge in [-0.25, -0.2) is 0 Å². The molecule has 2 aromatic carbocycles. The standard InChI is InChI=1S/C26H26N4O3/c27-17-20(26(32)29-12-10-19(11-13-29)25(28)31)16-21-18-30(24-9-5-4-8-23(21)24)14-15-33-22-6-2-1-3-7-22/h1-9,16,18-19H,10-15H2,(H2,28,31)/b20-16+. The van der Waals surface area contributed by atoms with E-state index in [0.29, 0.717) is 39.1 Å². The SMILES string of the molecule is N#C/C(=C\c1cn(CCOc2ccccc2)c2ccccc12)C(=O)N1CCC(C(N)=O)CC1. The molecule has 0 atom stereocenters. The number of carbonyl (C=O) groups excluding carboxylic acids is 2. The predicted molar refractivity (Wildman–Crippen MR) is 126 cm³/mol. The minimum atomic E-state index is -0.331. The molecule has 0 spiro atoms. The number of likely N-dealkylation sites (tertiary alicyclic amines) is 1. The number of primary amides is 1. The molecule has 1 saturated heterocycles. The fourth-order valence-electron chi connectivity index (χ4n) is 4.19. The quantitative estimate of drug-likeness (QED) is 0.448. The highest BCUT2D eigenvalue weighted by Crippen LogP contribution is 2.25. The number of piperidine rings is 1. The van der Waals surface area contributed by atoms with E-state index < -0.39 is 0 Å². The molecule has 2 N–H and O–H groups in total. The lowest BCUT2D eigenvalue weighted by atomic mass is 9.96. The average molecular weight is 443 g/mol. The molecule has 1 aromatic heterocycles. The molecule has 0 unspecified atom stereocenters. The number of nitriles is 1. The maximum Gasteiger partial charge on any atom is 0.264 e. The number of hydrogen-bond donors (Lipinski definition) is 1. The van der Waals surface area contributed by atoms with Crippen LogP contribution in [0.1, 0.15) is 18.4 Å². The van der Waals surface area contributed by atoms with Gasteiger partial charge in [-0.3, -0.25) is 9.59 Å². The Kier molecular flexibility index (Phi) is 6.75. The largest absolute Gasteiger partial charge is 0.492 e. The zero-order valence-electron chi connectivity index (χ0n) is 18.3. The fourth-order valence-corrected chi connectivity index (χ4v) is 4.19. The van der Waals surface area contributed by atoms with Gasteiger partial charge in [0, 0.05) is 41.7 Å². The number of carbonyl (C=O) groups is 2. The van der Waals surface area contributed by atoms with Crippen molar-refractivity contribution in [2.45, 2.75) is 19.4 Å². The fraction of sp³-hybridized carbons (Fsp3) is 0.269. The highest BCUT2D eigenvalue weighted by Gasteiger charge is 2.27. The van der Waals surface area contributed by atoms with Gasteiger partial charge < -0.3 is 19.9 Å². The van der Waals surface area contributed by atoms with Gasteiger partial charge in [-0.05, 0) is 37.1 Å². The van der Waals surface area contributed by atoms with E-state index in [4.69, 9.17) is 10.5 Å². The van der Waals surface area contributed by atoms with Gasteiger partial charge in [-0.2, -0.15) is 5.26 Å². The summed E-state index contributed by atoms with van der Waals surface area (Å²) in [4.78, 5) is 26.0. The zero-order chi connectivity index (χ0) is 23.2. The van der Waals surface area contributed by atoms with E-state index in [1.807, 2.05) is 60.8 Å². The number of amides is 2. The van der Waals surface area contributed by atoms with Crippen molar-refractivity contribution in [1.29, 1.82) is 5.26 Å². The van der Waals surface area contributed by atoms with Crippen LogP contribution in [0.2, 0.25) is 0 Å². The predicted octanol–water partition coefficient (Wildman–Crippen LogP) is 3.35. The van der Waals surface area contributed by atoms with Crippen LogP contribution in [-0.2, 0) is 16.1 Å². The molecule has 1 aliphatic rings. The first-order valence-electron chi connectivity index (χ1n) is 11.0. The van der Waals surface area contributed by atoms with Crippen LogP contribution in [-0.4, -0.2) is 41.0 Å². The molecule has 7 nitrogen and oxygen atoms in total. The van der Waals surface area contributed by atoms with E-state index >= 15 is 0 Å². The summed E-state index contributed by atoms with van der Waals surface area (Å²) in [6, 6.07) is 19.6. The van der Waals surface area contributed by atoms with Crippen molar-refractivity contribution < 1.29 is 14.3 Å². The summed E-state index contributed by atoms with van der Waals surface area (Å²) in [5.74, 6) is -0.0435. The second-order valence-electron chi connectivity index (χ2n) is 8.10. The minimum Gasteiger partial charge on any atom is -0.492 e. The third-order valence-electron chi connectivity index (χ3n) is 6.00. The van der Waals surface area contributed by atoms with E-state index in [0.717, 1.165) is 22.2 Å². The van der Waals surface area contributed by atoms with Crippen LogP contribution in [0.5, 0.6) is 5.75 Å². The van der Waals surface area contributed by atoms with Crippen LogP contribution in [0.3, 0.4) is 0 Å².